The maximum absolute atomic E-state index is 5.48. The van der Waals surface area contributed by atoms with E-state index in [9.17, 15) is 0 Å². The van der Waals surface area contributed by atoms with Crippen LogP contribution in [0.5, 0.6) is 0 Å². The smallest absolute Gasteiger partial charge is 0.315 e. The minimum Gasteiger partial charge on any atom is -0.407 e. The summed E-state index contributed by atoms with van der Waals surface area (Å²) in [4.78, 5) is 4.36. The van der Waals surface area contributed by atoms with Crippen molar-refractivity contribution in [1.29, 1.82) is 0 Å². The maximum Gasteiger partial charge on any atom is 0.315 e. The summed E-state index contributed by atoms with van der Waals surface area (Å²) in [7, 11) is 0. The summed E-state index contributed by atoms with van der Waals surface area (Å²) in [5.74, 6) is 1.20. The van der Waals surface area contributed by atoms with Gasteiger partial charge in [0.15, 0.2) is 0 Å². The lowest BCUT2D eigenvalue weighted by Crippen LogP contribution is -2.19. The molecule has 0 aromatic carbocycles. The van der Waals surface area contributed by atoms with Crippen LogP contribution in [-0.2, 0) is 13.1 Å². The first-order valence-corrected chi connectivity index (χ1v) is 7.19. The molecule has 0 amide bonds. The molecule has 2 N–H and O–H groups in total. The molecule has 19 heavy (non-hydrogen) atoms. The number of nitrogens with one attached hydrogen (secondary N) is 2. The van der Waals surface area contributed by atoms with Gasteiger partial charge in [-0.1, -0.05) is 18.9 Å². The third-order valence-corrected chi connectivity index (χ3v) is 3.32. The highest BCUT2D eigenvalue weighted by Gasteiger charge is 2.06. The van der Waals surface area contributed by atoms with Gasteiger partial charge in [0.1, 0.15) is 5.01 Å². The van der Waals surface area contributed by atoms with E-state index >= 15 is 0 Å². The molecule has 2 heterocycles. The Balaban J connectivity index is 1.77. The fourth-order valence-electron chi connectivity index (χ4n) is 1.50. The third kappa shape index (κ3) is 4.60. The topological polar surface area (TPSA) is 75.9 Å². The average molecular weight is 281 g/mol. The van der Waals surface area contributed by atoms with Crippen molar-refractivity contribution in [2.24, 2.45) is 5.92 Å². The molecule has 0 atom stereocenters. The monoisotopic (exact) mass is 281 g/mol. The third-order valence-electron chi connectivity index (χ3n) is 2.35. The van der Waals surface area contributed by atoms with E-state index in [-0.39, 0.29) is 0 Å². The predicted octanol–water partition coefficient (Wildman–Crippen LogP) is 2.19. The Hall–Kier alpha value is -1.47. The van der Waals surface area contributed by atoms with Crippen LogP contribution in [0.1, 0.15) is 30.4 Å². The molecule has 7 heteroatoms. The highest BCUT2D eigenvalue weighted by Crippen LogP contribution is 2.11. The lowest BCUT2D eigenvalue weighted by Gasteiger charge is -2.03. The minimum atomic E-state index is 0.439. The highest BCUT2D eigenvalue weighted by molar-refractivity contribution is 7.09. The van der Waals surface area contributed by atoms with E-state index in [0.717, 1.165) is 17.2 Å². The molecule has 2 aromatic heterocycles. The van der Waals surface area contributed by atoms with Crippen molar-refractivity contribution in [1.82, 2.24) is 20.5 Å². The molecular weight excluding hydrogens is 262 g/mol. The van der Waals surface area contributed by atoms with Crippen LogP contribution in [0.25, 0.3) is 0 Å². The van der Waals surface area contributed by atoms with Gasteiger partial charge in [0.25, 0.3) is 0 Å². The van der Waals surface area contributed by atoms with Crippen LogP contribution in [0.15, 0.2) is 9.80 Å². The van der Waals surface area contributed by atoms with Crippen LogP contribution in [0.3, 0.4) is 0 Å². The number of aryl methyl sites for hydroxylation is 1. The van der Waals surface area contributed by atoms with Gasteiger partial charge in [-0.2, -0.15) is 0 Å². The van der Waals surface area contributed by atoms with Crippen molar-refractivity contribution in [2.75, 3.05) is 11.9 Å². The Morgan fingerprint density at radius 1 is 1.32 bits per heavy atom. The second-order valence-electron chi connectivity index (χ2n) is 4.76. The van der Waals surface area contributed by atoms with E-state index in [4.69, 9.17) is 4.42 Å². The van der Waals surface area contributed by atoms with E-state index in [0.29, 0.717) is 30.9 Å². The fraction of sp³-hybridized carbons (Fsp3) is 0.583. The van der Waals surface area contributed by atoms with Crippen molar-refractivity contribution in [3.63, 3.8) is 0 Å². The van der Waals surface area contributed by atoms with Crippen molar-refractivity contribution >= 4 is 17.4 Å². The second kappa shape index (κ2) is 6.63. The van der Waals surface area contributed by atoms with Crippen molar-refractivity contribution in [3.8, 4) is 0 Å². The molecule has 2 rings (SSSR count). The van der Waals surface area contributed by atoms with Gasteiger partial charge < -0.3 is 15.1 Å². The summed E-state index contributed by atoms with van der Waals surface area (Å²) < 4.78 is 5.48. The van der Waals surface area contributed by atoms with Gasteiger partial charge in [-0.15, -0.1) is 16.4 Å². The lowest BCUT2D eigenvalue weighted by molar-refractivity contribution is 0.458. The number of anilines is 1. The number of hydrogen-bond acceptors (Lipinski definition) is 7. The molecule has 0 saturated carbocycles. The van der Waals surface area contributed by atoms with Crippen molar-refractivity contribution < 1.29 is 4.42 Å². The SMILES string of the molecule is Cc1csc(CNc2nnc(CNCC(C)C)o2)n1. The molecule has 0 aliphatic heterocycles. The van der Waals surface area contributed by atoms with E-state index in [1.165, 1.54) is 0 Å². The Morgan fingerprint density at radius 2 is 2.16 bits per heavy atom. The Bertz CT molecular complexity index is 508. The molecule has 0 aliphatic carbocycles. The molecule has 6 nitrogen and oxygen atoms in total. The first-order valence-electron chi connectivity index (χ1n) is 6.31. The van der Waals surface area contributed by atoms with Crippen LogP contribution in [0.2, 0.25) is 0 Å². The van der Waals surface area contributed by atoms with E-state index in [1.54, 1.807) is 11.3 Å². The summed E-state index contributed by atoms with van der Waals surface area (Å²) in [5, 5.41) is 17.3. The highest BCUT2D eigenvalue weighted by atomic mass is 32.1. The summed E-state index contributed by atoms with van der Waals surface area (Å²) in [6.45, 7) is 8.44. The molecule has 2 aromatic rings. The van der Waals surface area contributed by atoms with Gasteiger partial charge in [0.05, 0.1) is 13.1 Å². The lowest BCUT2D eigenvalue weighted by atomic mass is 10.2. The number of thiazole rings is 1. The van der Waals surface area contributed by atoms with Crippen LogP contribution < -0.4 is 10.6 Å². The molecule has 0 radical (unpaired) electrons. The zero-order chi connectivity index (χ0) is 13.7. The van der Waals surface area contributed by atoms with E-state index in [1.807, 2.05) is 12.3 Å². The van der Waals surface area contributed by atoms with Gasteiger partial charge in [0.2, 0.25) is 5.89 Å². The van der Waals surface area contributed by atoms with Gasteiger partial charge in [-0.25, -0.2) is 4.98 Å². The first kappa shape index (κ1) is 14.0. The maximum atomic E-state index is 5.48. The minimum absolute atomic E-state index is 0.439. The van der Waals surface area contributed by atoms with Gasteiger partial charge in [-0.3, -0.25) is 0 Å². The molecule has 0 saturated heterocycles. The van der Waals surface area contributed by atoms with Crippen molar-refractivity contribution in [3.05, 3.63) is 22.0 Å². The Morgan fingerprint density at radius 3 is 2.84 bits per heavy atom. The normalized spacial score (nSPS) is 11.2. The zero-order valence-corrected chi connectivity index (χ0v) is 12.3. The summed E-state index contributed by atoms with van der Waals surface area (Å²) in [5.41, 5.74) is 1.03. The number of nitrogens with zero attached hydrogens (tertiary/aromatic N) is 3. The summed E-state index contributed by atoms with van der Waals surface area (Å²) in [6, 6.07) is 0.439. The second-order valence-corrected chi connectivity index (χ2v) is 5.70. The van der Waals surface area contributed by atoms with E-state index < -0.39 is 0 Å². The molecule has 0 bridgehead atoms. The quantitative estimate of drug-likeness (QED) is 0.810. The van der Waals surface area contributed by atoms with Gasteiger partial charge in [0, 0.05) is 11.1 Å². The summed E-state index contributed by atoms with van der Waals surface area (Å²) in [6.07, 6.45) is 0. The van der Waals surface area contributed by atoms with Crippen LogP contribution >= 0.6 is 11.3 Å². The zero-order valence-electron chi connectivity index (χ0n) is 11.4. The first-order chi connectivity index (χ1) is 9.13. The fourth-order valence-corrected chi connectivity index (χ4v) is 2.21. The number of rotatable bonds is 7. The number of hydrogen-bond donors (Lipinski definition) is 2. The Kier molecular flexibility index (Phi) is 4.86. The van der Waals surface area contributed by atoms with Gasteiger partial charge >= 0.3 is 6.01 Å². The van der Waals surface area contributed by atoms with Gasteiger partial charge in [-0.05, 0) is 19.4 Å². The molecular formula is C12H19N5OS. The van der Waals surface area contributed by atoms with Crippen LogP contribution in [0.4, 0.5) is 6.01 Å². The molecule has 0 aliphatic rings. The van der Waals surface area contributed by atoms with E-state index in [2.05, 4.69) is 39.7 Å². The van der Waals surface area contributed by atoms with Crippen molar-refractivity contribution in [2.45, 2.75) is 33.9 Å². The summed E-state index contributed by atoms with van der Waals surface area (Å²) >= 11 is 1.62. The average Bonchev–Trinajstić information content (AvgIpc) is 2.95. The number of aromatic nitrogens is 3. The largest absolute Gasteiger partial charge is 0.407 e. The predicted molar refractivity (Wildman–Crippen MR) is 75.0 cm³/mol. The standard InChI is InChI=1S/C12H19N5OS/c1-8(2)4-13-5-10-16-17-12(18-10)14-6-11-15-9(3)7-19-11/h7-8,13H,4-6H2,1-3H3,(H,14,17). The molecule has 0 spiro atoms. The van der Waals surface area contributed by atoms with Crippen LogP contribution in [0, 0.1) is 12.8 Å². The molecule has 104 valence electrons. The van der Waals surface area contributed by atoms with Crippen LogP contribution in [-0.4, -0.2) is 21.7 Å². The Labute approximate surface area is 116 Å². The molecule has 0 fully saturated rings. The molecule has 0 unspecified atom stereocenters.